The highest BCUT2D eigenvalue weighted by Crippen LogP contribution is 2.26. The van der Waals surface area contributed by atoms with Gasteiger partial charge in [0.1, 0.15) is 6.10 Å². The van der Waals surface area contributed by atoms with Crippen LogP contribution in [0.1, 0.15) is 54.9 Å². The highest BCUT2D eigenvalue weighted by Gasteiger charge is 2.24. The van der Waals surface area contributed by atoms with Crippen LogP contribution >= 0.6 is 0 Å². The van der Waals surface area contributed by atoms with Gasteiger partial charge in [-0.3, -0.25) is 0 Å². The van der Waals surface area contributed by atoms with Gasteiger partial charge in [0.25, 0.3) is 0 Å². The summed E-state index contributed by atoms with van der Waals surface area (Å²) in [5.41, 5.74) is 2.53. The Morgan fingerprint density at radius 3 is 2.38 bits per heavy atom. The van der Waals surface area contributed by atoms with E-state index in [1.807, 2.05) is 24.5 Å². The van der Waals surface area contributed by atoms with E-state index in [-0.39, 0.29) is 18.0 Å². The van der Waals surface area contributed by atoms with Gasteiger partial charge < -0.3 is 4.74 Å². The number of aromatic nitrogens is 2. The quantitative estimate of drug-likeness (QED) is 0.751. The molecule has 1 aromatic carbocycles. The minimum Gasteiger partial charge on any atom is -0.459 e. The summed E-state index contributed by atoms with van der Waals surface area (Å²) >= 11 is 0. The molecule has 1 aliphatic carbocycles. The first-order valence-electron chi connectivity index (χ1n) is 9.21. The standard InChI is InChI=1S/C21H23N3O2/c1-2-3-16-13-23-20(24-14-16)17-6-8-18(9-7-17)21(25)26-19-10-4-15(12-22)5-11-19/h6-9,13-15,19H,2-5,10-11H2,1H3. The number of hydrogen-bond donors (Lipinski definition) is 0. The molecule has 1 aliphatic rings. The lowest BCUT2D eigenvalue weighted by atomic mass is 9.88. The molecule has 2 aromatic rings. The van der Waals surface area contributed by atoms with Crippen molar-refractivity contribution in [1.29, 1.82) is 5.26 Å². The fourth-order valence-corrected chi connectivity index (χ4v) is 3.21. The Kier molecular flexibility index (Phi) is 5.96. The summed E-state index contributed by atoms with van der Waals surface area (Å²) in [7, 11) is 0. The molecule has 1 heterocycles. The van der Waals surface area contributed by atoms with E-state index < -0.39 is 0 Å². The first kappa shape index (κ1) is 18.1. The molecule has 134 valence electrons. The summed E-state index contributed by atoms with van der Waals surface area (Å²) in [4.78, 5) is 21.1. The number of nitrogens with zero attached hydrogens (tertiary/aromatic N) is 3. The van der Waals surface area contributed by atoms with E-state index in [2.05, 4.69) is 23.0 Å². The zero-order chi connectivity index (χ0) is 18.4. The zero-order valence-electron chi connectivity index (χ0n) is 15.0. The lowest BCUT2D eigenvalue weighted by Gasteiger charge is -2.24. The predicted octanol–water partition coefficient (Wildman–Crippen LogP) is 4.34. The molecule has 26 heavy (non-hydrogen) atoms. The average molecular weight is 349 g/mol. The normalized spacial score (nSPS) is 19.5. The van der Waals surface area contributed by atoms with Gasteiger partial charge in [-0.05, 0) is 49.8 Å². The Balaban J connectivity index is 1.60. The third kappa shape index (κ3) is 4.45. The van der Waals surface area contributed by atoms with Crippen molar-refractivity contribution in [3.8, 4) is 17.5 Å². The molecule has 0 radical (unpaired) electrons. The minimum absolute atomic E-state index is 0.0822. The lowest BCUT2D eigenvalue weighted by molar-refractivity contribution is 0.0187. The van der Waals surface area contributed by atoms with Crippen molar-refractivity contribution < 1.29 is 9.53 Å². The van der Waals surface area contributed by atoms with Crippen LogP contribution in [0.3, 0.4) is 0 Å². The van der Waals surface area contributed by atoms with Crippen LogP contribution in [0, 0.1) is 17.2 Å². The van der Waals surface area contributed by atoms with Crippen molar-refractivity contribution in [2.24, 2.45) is 5.92 Å². The van der Waals surface area contributed by atoms with Crippen molar-refractivity contribution in [1.82, 2.24) is 9.97 Å². The summed E-state index contributed by atoms with van der Waals surface area (Å²) in [5, 5.41) is 8.93. The van der Waals surface area contributed by atoms with Gasteiger partial charge in [-0.1, -0.05) is 25.5 Å². The number of rotatable bonds is 5. The molecule has 0 atom stereocenters. The van der Waals surface area contributed by atoms with Crippen LogP contribution in [0.25, 0.3) is 11.4 Å². The zero-order valence-corrected chi connectivity index (χ0v) is 15.0. The molecule has 5 heteroatoms. The van der Waals surface area contributed by atoms with Gasteiger partial charge in [-0.25, -0.2) is 14.8 Å². The third-order valence-electron chi connectivity index (χ3n) is 4.75. The molecule has 1 aromatic heterocycles. The van der Waals surface area contributed by atoms with Gasteiger partial charge in [-0.15, -0.1) is 0 Å². The van der Waals surface area contributed by atoms with E-state index in [0.717, 1.165) is 49.7 Å². The van der Waals surface area contributed by atoms with Gasteiger partial charge in [-0.2, -0.15) is 5.26 Å². The van der Waals surface area contributed by atoms with E-state index in [9.17, 15) is 4.79 Å². The summed E-state index contributed by atoms with van der Waals surface area (Å²) in [5.74, 6) is 0.448. The van der Waals surface area contributed by atoms with Crippen molar-refractivity contribution >= 4 is 5.97 Å². The Morgan fingerprint density at radius 2 is 1.81 bits per heavy atom. The maximum absolute atomic E-state index is 12.3. The average Bonchev–Trinajstić information content (AvgIpc) is 2.69. The van der Waals surface area contributed by atoms with E-state index >= 15 is 0 Å². The number of esters is 1. The SMILES string of the molecule is CCCc1cnc(-c2ccc(C(=O)OC3CCC(C#N)CC3)cc2)nc1. The number of carbonyl (C=O) groups excluding carboxylic acids is 1. The third-order valence-corrected chi connectivity index (χ3v) is 4.75. The molecule has 5 nitrogen and oxygen atoms in total. The fraction of sp³-hybridized carbons (Fsp3) is 0.429. The molecule has 0 aliphatic heterocycles. The van der Waals surface area contributed by atoms with Crippen LogP contribution in [0.4, 0.5) is 0 Å². The highest BCUT2D eigenvalue weighted by atomic mass is 16.5. The molecule has 1 saturated carbocycles. The molecule has 1 fully saturated rings. The maximum atomic E-state index is 12.3. The van der Waals surface area contributed by atoms with E-state index in [1.165, 1.54) is 0 Å². The number of aryl methyl sites for hydroxylation is 1. The Morgan fingerprint density at radius 1 is 1.15 bits per heavy atom. The highest BCUT2D eigenvalue weighted by molar-refractivity contribution is 5.90. The van der Waals surface area contributed by atoms with Crippen LogP contribution in [-0.2, 0) is 11.2 Å². The molecule has 0 spiro atoms. The molecular weight excluding hydrogens is 326 g/mol. The van der Waals surface area contributed by atoms with Gasteiger partial charge in [0, 0.05) is 23.9 Å². The molecule has 0 amide bonds. The summed E-state index contributed by atoms with van der Waals surface area (Å²) < 4.78 is 5.58. The fourth-order valence-electron chi connectivity index (χ4n) is 3.21. The molecule has 0 unspecified atom stereocenters. The second kappa shape index (κ2) is 8.57. The molecule has 0 N–H and O–H groups in total. The van der Waals surface area contributed by atoms with Crippen molar-refractivity contribution in [2.45, 2.75) is 51.6 Å². The number of nitriles is 1. The van der Waals surface area contributed by atoms with Gasteiger partial charge in [0.2, 0.25) is 0 Å². The largest absolute Gasteiger partial charge is 0.459 e. The van der Waals surface area contributed by atoms with Gasteiger partial charge in [0.05, 0.1) is 11.6 Å². The smallest absolute Gasteiger partial charge is 0.338 e. The lowest BCUT2D eigenvalue weighted by Crippen LogP contribution is -2.24. The van der Waals surface area contributed by atoms with Crippen LogP contribution in [0.15, 0.2) is 36.7 Å². The van der Waals surface area contributed by atoms with Crippen molar-refractivity contribution in [2.75, 3.05) is 0 Å². The van der Waals surface area contributed by atoms with E-state index in [1.54, 1.807) is 12.1 Å². The van der Waals surface area contributed by atoms with Crippen molar-refractivity contribution in [3.63, 3.8) is 0 Å². The molecule has 0 bridgehead atoms. The maximum Gasteiger partial charge on any atom is 0.338 e. The summed E-state index contributed by atoms with van der Waals surface area (Å²) in [6.45, 7) is 2.13. The monoisotopic (exact) mass is 349 g/mol. The second-order valence-corrected chi connectivity index (χ2v) is 6.75. The van der Waals surface area contributed by atoms with Gasteiger partial charge >= 0.3 is 5.97 Å². The van der Waals surface area contributed by atoms with Crippen LogP contribution in [0.5, 0.6) is 0 Å². The van der Waals surface area contributed by atoms with Crippen LogP contribution in [0.2, 0.25) is 0 Å². The summed E-state index contributed by atoms with van der Waals surface area (Å²) in [6.07, 6.45) is 8.80. The number of carbonyl (C=O) groups is 1. The molecular formula is C21H23N3O2. The summed E-state index contributed by atoms with van der Waals surface area (Å²) in [6, 6.07) is 9.48. The Hall–Kier alpha value is -2.74. The van der Waals surface area contributed by atoms with Crippen LogP contribution in [-0.4, -0.2) is 22.0 Å². The Bertz CT molecular complexity index is 770. The Labute approximate surface area is 154 Å². The van der Waals surface area contributed by atoms with Gasteiger partial charge in [0.15, 0.2) is 5.82 Å². The first-order chi connectivity index (χ1) is 12.7. The second-order valence-electron chi connectivity index (χ2n) is 6.75. The van der Waals surface area contributed by atoms with E-state index in [0.29, 0.717) is 11.4 Å². The van der Waals surface area contributed by atoms with E-state index in [4.69, 9.17) is 10.00 Å². The first-order valence-corrected chi connectivity index (χ1v) is 9.21. The number of benzene rings is 1. The van der Waals surface area contributed by atoms with Crippen molar-refractivity contribution in [3.05, 3.63) is 47.8 Å². The number of hydrogen-bond acceptors (Lipinski definition) is 5. The molecule has 0 saturated heterocycles. The topological polar surface area (TPSA) is 75.9 Å². The predicted molar refractivity (Wildman–Crippen MR) is 98.2 cm³/mol. The van der Waals surface area contributed by atoms with Crippen LogP contribution < -0.4 is 0 Å². The number of ether oxygens (including phenoxy) is 1. The molecule has 3 rings (SSSR count). The minimum atomic E-state index is -0.309.